The molecule has 6 heteroatoms. The Hall–Kier alpha value is -2.50. The van der Waals surface area contributed by atoms with Crippen molar-refractivity contribution in [1.29, 1.82) is 0 Å². The molecule has 100 valence electrons. The highest BCUT2D eigenvalue weighted by Gasteiger charge is 2.13. The van der Waals surface area contributed by atoms with Crippen molar-refractivity contribution in [2.45, 2.75) is 19.9 Å². The second kappa shape index (κ2) is 5.43. The number of nitrogens with two attached hydrogens (primary N) is 1. The molecule has 0 saturated heterocycles. The third-order valence-electron chi connectivity index (χ3n) is 2.66. The van der Waals surface area contributed by atoms with E-state index in [2.05, 4.69) is 10.3 Å². The molecular weight excluding hydrogens is 246 g/mol. The lowest BCUT2D eigenvalue weighted by atomic mass is 10.1. The van der Waals surface area contributed by atoms with Gasteiger partial charge in [0.25, 0.3) is 5.91 Å². The molecule has 1 aromatic carbocycles. The number of carbonyl (C=O) groups is 1. The van der Waals surface area contributed by atoms with Gasteiger partial charge in [0.1, 0.15) is 5.76 Å². The summed E-state index contributed by atoms with van der Waals surface area (Å²) in [4.78, 5) is 15.9. The fourth-order valence-corrected chi connectivity index (χ4v) is 1.59. The van der Waals surface area contributed by atoms with E-state index in [1.165, 1.54) is 12.1 Å². The molecule has 4 N–H and O–H groups in total. The van der Waals surface area contributed by atoms with E-state index in [1.54, 1.807) is 12.3 Å². The Morgan fingerprint density at radius 1 is 1.53 bits per heavy atom. The molecule has 2 rings (SSSR count). The van der Waals surface area contributed by atoms with Crippen molar-refractivity contribution < 1.29 is 14.3 Å². The Bertz CT molecular complexity index is 593. The van der Waals surface area contributed by atoms with Crippen molar-refractivity contribution in [3.8, 4) is 5.75 Å². The molecule has 0 bridgehead atoms. The molecule has 1 heterocycles. The van der Waals surface area contributed by atoms with Gasteiger partial charge in [-0.1, -0.05) is 13.0 Å². The second-order valence-corrected chi connectivity index (χ2v) is 4.00. The number of carbonyl (C=O) groups excluding carboxylic acids is 1. The van der Waals surface area contributed by atoms with Crippen LogP contribution in [0.3, 0.4) is 0 Å². The van der Waals surface area contributed by atoms with Gasteiger partial charge in [0, 0.05) is 6.42 Å². The number of rotatable bonds is 4. The van der Waals surface area contributed by atoms with Gasteiger partial charge >= 0.3 is 0 Å². The molecule has 0 atom stereocenters. The molecule has 0 aliphatic carbocycles. The molecular formula is C13H15N3O3. The smallest absolute Gasteiger partial charge is 0.255 e. The average molecular weight is 261 g/mol. The lowest BCUT2D eigenvalue weighted by Crippen LogP contribution is -2.23. The maximum absolute atomic E-state index is 11.9. The Labute approximate surface area is 110 Å². The van der Waals surface area contributed by atoms with Crippen LogP contribution >= 0.6 is 0 Å². The van der Waals surface area contributed by atoms with Gasteiger partial charge in [0.15, 0.2) is 5.75 Å². The van der Waals surface area contributed by atoms with Crippen molar-refractivity contribution >= 4 is 11.6 Å². The molecule has 1 amide bonds. The molecule has 0 fully saturated rings. The second-order valence-electron chi connectivity index (χ2n) is 4.00. The number of hydrogen-bond acceptors (Lipinski definition) is 5. The number of oxazole rings is 1. The van der Waals surface area contributed by atoms with E-state index in [0.29, 0.717) is 5.89 Å². The summed E-state index contributed by atoms with van der Waals surface area (Å²) in [7, 11) is 0. The molecule has 0 radical (unpaired) electrons. The van der Waals surface area contributed by atoms with E-state index in [1.807, 2.05) is 6.92 Å². The lowest BCUT2D eigenvalue weighted by Gasteiger charge is -2.06. The first-order valence-corrected chi connectivity index (χ1v) is 5.91. The number of phenolic OH excluding ortho intramolecular Hbond substituents is 1. The summed E-state index contributed by atoms with van der Waals surface area (Å²) in [6, 6.07) is 4.62. The topological polar surface area (TPSA) is 101 Å². The van der Waals surface area contributed by atoms with Crippen molar-refractivity contribution in [3.63, 3.8) is 0 Å². The molecule has 19 heavy (non-hydrogen) atoms. The third-order valence-corrected chi connectivity index (χ3v) is 2.66. The van der Waals surface area contributed by atoms with Crippen molar-refractivity contribution in [3.05, 3.63) is 41.6 Å². The van der Waals surface area contributed by atoms with Crippen LogP contribution in [0.2, 0.25) is 0 Å². The van der Waals surface area contributed by atoms with Crippen LogP contribution in [0.1, 0.15) is 28.9 Å². The highest BCUT2D eigenvalue weighted by atomic mass is 16.4. The standard InChI is InChI=1S/C13H15N3O3/c1-2-8-6-15-11(19-8)7-16-13(18)9-4-3-5-10(14)12(9)17/h3-6,17H,2,7,14H2,1H3,(H,16,18). The van der Waals surface area contributed by atoms with Crippen LogP contribution in [0.5, 0.6) is 5.75 Å². The number of nitrogens with zero attached hydrogens (tertiary/aromatic N) is 1. The number of benzene rings is 1. The summed E-state index contributed by atoms with van der Waals surface area (Å²) >= 11 is 0. The molecule has 0 saturated carbocycles. The summed E-state index contributed by atoms with van der Waals surface area (Å²) in [6.07, 6.45) is 2.37. The number of nitrogens with one attached hydrogen (secondary N) is 1. The zero-order chi connectivity index (χ0) is 13.8. The Balaban J connectivity index is 2.03. The van der Waals surface area contributed by atoms with E-state index in [4.69, 9.17) is 10.2 Å². The van der Waals surface area contributed by atoms with E-state index >= 15 is 0 Å². The maximum atomic E-state index is 11.9. The highest BCUT2D eigenvalue weighted by Crippen LogP contribution is 2.24. The van der Waals surface area contributed by atoms with E-state index in [0.717, 1.165) is 12.2 Å². The van der Waals surface area contributed by atoms with Gasteiger partial charge in [-0.2, -0.15) is 0 Å². The van der Waals surface area contributed by atoms with Crippen LogP contribution in [-0.4, -0.2) is 16.0 Å². The van der Waals surface area contributed by atoms with Gasteiger partial charge in [0.05, 0.1) is 24.0 Å². The first-order chi connectivity index (χ1) is 9.11. The number of aromatic nitrogens is 1. The van der Waals surface area contributed by atoms with E-state index < -0.39 is 5.91 Å². The van der Waals surface area contributed by atoms with Crippen LogP contribution in [0.25, 0.3) is 0 Å². The SMILES string of the molecule is CCc1cnc(CNC(=O)c2cccc(N)c2O)o1. The number of aryl methyl sites for hydroxylation is 1. The van der Waals surface area contributed by atoms with Gasteiger partial charge in [-0.05, 0) is 12.1 Å². The van der Waals surface area contributed by atoms with Gasteiger partial charge in [0.2, 0.25) is 5.89 Å². The number of aromatic hydroxyl groups is 1. The first-order valence-electron chi connectivity index (χ1n) is 5.91. The third kappa shape index (κ3) is 2.85. The number of hydrogen-bond donors (Lipinski definition) is 3. The predicted octanol–water partition coefficient (Wildman–Crippen LogP) is 1.45. The van der Waals surface area contributed by atoms with Gasteiger partial charge in [-0.15, -0.1) is 0 Å². The Morgan fingerprint density at radius 3 is 3.00 bits per heavy atom. The zero-order valence-electron chi connectivity index (χ0n) is 10.5. The highest BCUT2D eigenvalue weighted by molar-refractivity contribution is 5.98. The minimum Gasteiger partial charge on any atom is -0.505 e. The van der Waals surface area contributed by atoms with Crippen LogP contribution in [0.15, 0.2) is 28.8 Å². The fraction of sp³-hybridized carbons (Fsp3) is 0.231. The number of anilines is 1. The number of nitrogen functional groups attached to an aromatic ring is 1. The molecule has 6 nitrogen and oxygen atoms in total. The molecule has 0 aliphatic rings. The van der Waals surface area contributed by atoms with Gasteiger partial charge in [-0.3, -0.25) is 4.79 Å². The molecule has 0 aliphatic heterocycles. The van der Waals surface area contributed by atoms with Gasteiger partial charge in [-0.25, -0.2) is 4.98 Å². The quantitative estimate of drug-likeness (QED) is 0.571. The summed E-state index contributed by atoms with van der Waals surface area (Å²) < 4.78 is 5.36. The number of para-hydroxylation sites is 1. The first kappa shape index (κ1) is 12.9. The number of amides is 1. The maximum Gasteiger partial charge on any atom is 0.255 e. The van der Waals surface area contributed by atoms with Crippen LogP contribution in [0, 0.1) is 0 Å². The Morgan fingerprint density at radius 2 is 2.32 bits per heavy atom. The van der Waals surface area contributed by atoms with Crippen molar-refractivity contribution in [2.24, 2.45) is 0 Å². The van der Waals surface area contributed by atoms with E-state index in [-0.39, 0.29) is 23.5 Å². The summed E-state index contributed by atoms with van der Waals surface area (Å²) in [5.41, 5.74) is 5.82. The fourth-order valence-electron chi connectivity index (χ4n) is 1.59. The van der Waals surface area contributed by atoms with E-state index in [9.17, 15) is 9.90 Å². The van der Waals surface area contributed by atoms with Gasteiger partial charge < -0.3 is 20.6 Å². The zero-order valence-corrected chi connectivity index (χ0v) is 10.5. The Kier molecular flexibility index (Phi) is 3.70. The predicted molar refractivity (Wildman–Crippen MR) is 69.6 cm³/mol. The van der Waals surface area contributed by atoms with Crippen molar-refractivity contribution in [1.82, 2.24) is 10.3 Å². The normalized spacial score (nSPS) is 10.4. The molecule has 1 aromatic heterocycles. The largest absolute Gasteiger partial charge is 0.505 e. The number of phenols is 1. The summed E-state index contributed by atoms with van der Waals surface area (Å²) in [6.45, 7) is 2.11. The molecule has 2 aromatic rings. The molecule has 0 spiro atoms. The summed E-state index contributed by atoms with van der Waals surface area (Å²) in [5, 5.41) is 12.3. The molecule has 0 unspecified atom stereocenters. The minimum absolute atomic E-state index is 0.127. The summed E-state index contributed by atoms with van der Waals surface area (Å²) in [5.74, 6) is 0.535. The minimum atomic E-state index is -0.430. The average Bonchev–Trinajstić information content (AvgIpc) is 2.87. The van der Waals surface area contributed by atoms with Crippen LogP contribution < -0.4 is 11.1 Å². The monoisotopic (exact) mass is 261 g/mol. The van der Waals surface area contributed by atoms with Crippen LogP contribution in [0.4, 0.5) is 5.69 Å². The van der Waals surface area contributed by atoms with Crippen molar-refractivity contribution in [2.75, 3.05) is 5.73 Å². The lowest BCUT2D eigenvalue weighted by molar-refractivity contribution is 0.0944. The van der Waals surface area contributed by atoms with Crippen LogP contribution in [-0.2, 0) is 13.0 Å².